The highest BCUT2D eigenvalue weighted by Crippen LogP contribution is 2.42. The van der Waals surface area contributed by atoms with Crippen LogP contribution in [0, 0.1) is 10.1 Å². The molecule has 292 valence electrons. The van der Waals surface area contributed by atoms with Crippen molar-refractivity contribution in [2.24, 2.45) is 0 Å². The fourth-order valence-electron chi connectivity index (χ4n) is 6.03. The first-order valence-electron chi connectivity index (χ1n) is 19.4. The van der Waals surface area contributed by atoms with Crippen molar-refractivity contribution < 1.29 is 28.0 Å². The number of nitro benzene ring substituents is 1. The Morgan fingerprint density at radius 1 is 0.607 bits per heavy atom. The zero-order valence-corrected chi connectivity index (χ0v) is 32.7. The van der Waals surface area contributed by atoms with Crippen LogP contribution in [-0.4, -0.2) is 38.5 Å². The lowest BCUT2D eigenvalue weighted by molar-refractivity contribution is -0.384. The number of hydrogen-bond donors (Lipinski definition) is 0. The SMILES string of the molecule is CCCCCCOc1cc(-c2nnc(-c3cccc(Oc4ccc([N+](=O)[O-])cc4)c3)o2)c(OCCCCCC)cc1-c1nnc(-c2ccc(C(C)(C)C)cc2)o1. The van der Waals surface area contributed by atoms with E-state index < -0.39 is 4.92 Å². The summed E-state index contributed by atoms with van der Waals surface area (Å²) in [5.41, 5.74) is 3.84. The van der Waals surface area contributed by atoms with Crippen molar-refractivity contribution in [3.05, 3.63) is 101 Å². The van der Waals surface area contributed by atoms with Crippen molar-refractivity contribution in [2.45, 2.75) is 91.4 Å². The first kappa shape index (κ1) is 39.6. The van der Waals surface area contributed by atoms with Crippen molar-refractivity contribution in [2.75, 3.05) is 13.2 Å². The predicted molar refractivity (Wildman–Crippen MR) is 215 cm³/mol. The highest BCUT2D eigenvalue weighted by molar-refractivity contribution is 5.76. The lowest BCUT2D eigenvalue weighted by atomic mass is 9.87. The normalized spacial score (nSPS) is 11.4. The Hall–Kier alpha value is -6.04. The summed E-state index contributed by atoms with van der Waals surface area (Å²) in [5.74, 6) is 3.24. The van der Waals surface area contributed by atoms with Gasteiger partial charge in [-0.1, -0.05) is 91.3 Å². The molecule has 4 aromatic carbocycles. The van der Waals surface area contributed by atoms with Gasteiger partial charge in [-0.25, -0.2) is 0 Å². The first-order valence-corrected chi connectivity index (χ1v) is 19.4. The van der Waals surface area contributed by atoms with Gasteiger partial charge in [0.05, 0.1) is 29.3 Å². The van der Waals surface area contributed by atoms with Crippen LogP contribution in [0.1, 0.15) is 91.5 Å². The van der Waals surface area contributed by atoms with Gasteiger partial charge >= 0.3 is 0 Å². The standard InChI is InChI=1S/C44H49N5O7/c1-6-8-10-12-25-52-38-29-37(43-48-46-41(56-43)31-15-14-16-35(27-31)54-34-23-21-33(22-24-34)49(50)51)39(53-26-13-11-9-7-2)28-36(38)42-47-45-40(55-42)30-17-19-32(20-18-30)44(3,4)5/h14-24,27-29H,6-13,25-26H2,1-5H3. The monoisotopic (exact) mass is 759 g/mol. The van der Waals surface area contributed by atoms with Gasteiger partial charge in [-0.05, 0) is 78.4 Å². The highest BCUT2D eigenvalue weighted by Gasteiger charge is 2.24. The Balaban J connectivity index is 1.33. The molecule has 0 aliphatic rings. The molecule has 0 radical (unpaired) electrons. The third kappa shape index (κ3) is 10.2. The van der Waals surface area contributed by atoms with Crippen LogP contribution in [0.5, 0.6) is 23.0 Å². The molecule has 56 heavy (non-hydrogen) atoms. The molecule has 0 amide bonds. The molecule has 0 N–H and O–H groups in total. The van der Waals surface area contributed by atoms with E-state index in [4.69, 9.17) is 23.0 Å². The van der Waals surface area contributed by atoms with Crippen LogP contribution in [-0.2, 0) is 5.41 Å². The Morgan fingerprint density at radius 3 is 1.66 bits per heavy atom. The smallest absolute Gasteiger partial charge is 0.269 e. The van der Waals surface area contributed by atoms with E-state index >= 15 is 0 Å². The van der Waals surface area contributed by atoms with Gasteiger partial charge in [-0.3, -0.25) is 10.1 Å². The Labute approximate surface area is 327 Å². The molecule has 0 saturated carbocycles. The van der Waals surface area contributed by atoms with Crippen molar-refractivity contribution in [1.82, 2.24) is 20.4 Å². The van der Waals surface area contributed by atoms with Gasteiger partial charge in [0.15, 0.2) is 0 Å². The van der Waals surface area contributed by atoms with E-state index in [1.165, 1.54) is 17.7 Å². The minimum Gasteiger partial charge on any atom is -0.493 e. The molecule has 12 heteroatoms. The molecular weight excluding hydrogens is 711 g/mol. The fourth-order valence-corrected chi connectivity index (χ4v) is 6.03. The second-order valence-corrected chi connectivity index (χ2v) is 14.7. The van der Waals surface area contributed by atoms with Gasteiger partial charge in [-0.2, -0.15) is 0 Å². The molecule has 6 rings (SSSR count). The molecule has 0 atom stereocenters. The average molecular weight is 760 g/mol. The number of ether oxygens (including phenoxy) is 3. The van der Waals surface area contributed by atoms with Crippen LogP contribution in [0.2, 0.25) is 0 Å². The Morgan fingerprint density at radius 2 is 1.14 bits per heavy atom. The number of nitrogens with zero attached hydrogens (tertiary/aromatic N) is 5. The minimum absolute atomic E-state index is 0.0179. The number of benzene rings is 4. The van der Waals surface area contributed by atoms with Gasteiger partial charge < -0.3 is 23.0 Å². The molecule has 0 bridgehead atoms. The highest BCUT2D eigenvalue weighted by atomic mass is 16.6. The van der Waals surface area contributed by atoms with Crippen molar-refractivity contribution in [3.63, 3.8) is 0 Å². The summed E-state index contributed by atoms with van der Waals surface area (Å²) in [4.78, 5) is 10.6. The summed E-state index contributed by atoms with van der Waals surface area (Å²) in [6.45, 7) is 11.9. The third-order valence-corrected chi connectivity index (χ3v) is 9.27. The summed E-state index contributed by atoms with van der Waals surface area (Å²) in [6, 6.07) is 25.0. The molecule has 0 fully saturated rings. The van der Waals surface area contributed by atoms with Gasteiger partial charge in [-0.15, -0.1) is 20.4 Å². The van der Waals surface area contributed by atoms with Crippen LogP contribution in [0.3, 0.4) is 0 Å². The molecular formula is C44H49N5O7. The van der Waals surface area contributed by atoms with E-state index in [-0.39, 0.29) is 22.9 Å². The van der Waals surface area contributed by atoms with Gasteiger partial charge in [0.2, 0.25) is 11.8 Å². The third-order valence-electron chi connectivity index (χ3n) is 9.27. The maximum Gasteiger partial charge on any atom is 0.269 e. The maximum absolute atomic E-state index is 11.1. The largest absolute Gasteiger partial charge is 0.493 e. The molecule has 0 spiro atoms. The zero-order valence-electron chi connectivity index (χ0n) is 32.7. The van der Waals surface area contributed by atoms with Gasteiger partial charge in [0.25, 0.3) is 17.5 Å². The van der Waals surface area contributed by atoms with E-state index in [0.29, 0.717) is 64.7 Å². The fraction of sp³-hybridized carbons (Fsp3) is 0.364. The Bertz CT molecular complexity index is 2190. The second-order valence-electron chi connectivity index (χ2n) is 14.7. The van der Waals surface area contributed by atoms with E-state index in [1.807, 2.05) is 36.4 Å². The number of aromatic nitrogens is 4. The maximum atomic E-state index is 11.1. The van der Waals surface area contributed by atoms with E-state index in [2.05, 4.69) is 67.1 Å². The van der Waals surface area contributed by atoms with E-state index in [0.717, 1.165) is 56.9 Å². The molecule has 0 unspecified atom stereocenters. The molecule has 6 aromatic rings. The summed E-state index contributed by atoms with van der Waals surface area (Å²) in [6.07, 6.45) is 8.33. The van der Waals surface area contributed by atoms with E-state index in [1.54, 1.807) is 24.3 Å². The lowest BCUT2D eigenvalue weighted by Crippen LogP contribution is -2.10. The molecule has 2 heterocycles. The number of rotatable bonds is 19. The lowest BCUT2D eigenvalue weighted by Gasteiger charge is -2.18. The van der Waals surface area contributed by atoms with Crippen molar-refractivity contribution in [3.8, 4) is 68.8 Å². The molecule has 0 aliphatic carbocycles. The number of nitro groups is 1. The zero-order chi connectivity index (χ0) is 39.5. The molecule has 0 aliphatic heterocycles. The number of hydrogen-bond acceptors (Lipinski definition) is 11. The van der Waals surface area contributed by atoms with Gasteiger partial charge in [0, 0.05) is 23.3 Å². The molecule has 12 nitrogen and oxygen atoms in total. The predicted octanol–water partition coefficient (Wildman–Crippen LogP) is 12.0. The van der Waals surface area contributed by atoms with Crippen LogP contribution < -0.4 is 14.2 Å². The minimum atomic E-state index is -0.453. The summed E-state index contributed by atoms with van der Waals surface area (Å²) >= 11 is 0. The summed E-state index contributed by atoms with van der Waals surface area (Å²) in [5, 5.41) is 28.8. The van der Waals surface area contributed by atoms with Crippen LogP contribution in [0.4, 0.5) is 5.69 Å². The molecule has 0 saturated heterocycles. The van der Waals surface area contributed by atoms with E-state index in [9.17, 15) is 10.1 Å². The van der Waals surface area contributed by atoms with Crippen LogP contribution in [0.25, 0.3) is 45.8 Å². The summed E-state index contributed by atoms with van der Waals surface area (Å²) in [7, 11) is 0. The Kier molecular flexibility index (Phi) is 13.1. The second kappa shape index (κ2) is 18.5. The topological polar surface area (TPSA) is 149 Å². The first-order chi connectivity index (χ1) is 27.1. The van der Waals surface area contributed by atoms with Crippen LogP contribution >= 0.6 is 0 Å². The van der Waals surface area contributed by atoms with Crippen LogP contribution in [0.15, 0.2) is 93.8 Å². The van der Waals surface area contributed by atoms with Gasteiger partial charge in [0.1, 0.15) is 23.0 Å². The number of non-ortho nitro benzene ring substituents is 1. The molecule has 2 aromatic heterocycles. The number of unbranched alkanes of at least 4 members (excludes halogenated alkanes) is 6. The summed E-state index contributed by atoms with van der Waals surface area (Å²) < 4.78 is 31.5. The van der Waals surface area contributed by atoms with Crippen molar-refractivity contribution >= 4 is 5.69 Å². The van der Waals surface area contributed by atoms with Crippen molar-refractivity contribution in [1.29, 1.82) is 0 Å². The quantitative estimate of drug-likeness (QED) is 0.0441. The average Bonchev–Trinajstić information content (AvgIpc) is 3.89.